The summed E-state index contributed by atoms with van der Waals surface area (Å²) in [5.74, 6) is 3.30. The molecule has 5 heteroatoms. The van der Waals surface area contributed by atoms with Crippen LogP contribution in [-0.2, 0) is 6.42 Å². The Labute approximate surface area is 133 Å². The first-order chi connectivity index (χ1) is 10.2. The standard InChI is InChI=1S/C16H18BrN3O/c1-21-13-6-2-11(3-7-13)8-9-18-15-10-14(17)19-16(20-15)12-4-5-12/h2-3,6-7,10,12H,4-5,8-9H2,1H3,(H,18,19,20). The van der Waals surface area contributed by atoms with Crippen LogP contribution in [0.15, 0.2) is 34.9 Å². The summed E-state index contributed by atoms with van der Waals surface area (Å²) >= 11 is 3.46. The Bertz CT molecular complexity index is 611. The molecule has 0 bridgehead atoms. The molecule has 1 aromatic carbocycles. The molecule has 0 spiro atoms. The molecule has 0 radical (unpaired) electrons. The minimum atomic E-state index is 0.560. The van der Waals surface area contributed by atoms with Gasteiger partial charge in [0.05, 0.1) is 7.11 Å². The van der Waals surface area contributed by atoms with E-state index < -0.39 is 0 Å². The lowest BCUT2D eigenvalue weighted by atomic mass is 10.1. The molecule has 1 N–H and O–H groups in total. The molecule has 0 saturated heterocycles. The average Bonchev–Trinajstić information content (AvgIpc) is 3.32. The van der Waals surface area contributed by atoms with E-state index in [0.717, 1.165) is 35.0 Å². The van der Waals surface area contributed by atoms with E-state index in [0.29, 0.717) is 5.92 Å². The summed E-state index contributed by atoms with van der Waals surface area (Å²) in [6, 6.07) is 10.1. The molecular formula is C16H18BrN3O. The number of nitrogens with zero attached hydrogens (tertiary/aromatic N) is 2. The molecule has 0 atom stereocenters. The van der Waals surface area contributed by atoms with Gasteiger partial charge in [0.25, 0.3) is 0 Å². The number of methoxy groups -OCH3 is 1. The van der Waals surface area contributed by atoms with E-state index in [1.165, 1.54) is 18.4 Å². The quantitative estimate of drug-likeness (QED) is 0.807. The minimum Gasteiger partial charge on any atom is -0.497 e. The van der Waals surface area contributed by atoms with E-state index in [4.69, 9.17) is 4.74 Å². The summed E-state index contributed by atoms with van der Waals surface area (Å²) < 4.78 is 6.01. The van der Waals surface area contributed by atoms with Gasteiger partial charge in [-0.3, -0.25) is 0 Å². The predicted octanol–water partition coefficient (Wildman–Crippen LogP) is 3.78. The Kier molecular flexibility index (Phi) is 4.39. The number of rotatable bonds is 6. The van der Waals surface area contributed by atoms with E-state index in [2.05, 4.69) is 43.3 Å². The third-order valence-electron chi connectivity index (χ3n) is 3.53. The second-order valence-electron chi connectivity index (χ2n) is 5.23. The highest BCUT2D eigenvalue weighted by molar-refractivity contribution is 9.10. The van der Waals surface area contributed by atoms with Gasteiger partial charge in [-0.1, -0.05) is 12.1 Å². The highest BCUT2D eigenvalue weighted by Crippen LogP contribution is 2.38. The Morgan fingerprint density at radius 3 is 2.67 bits per heavy atom. The smallest absolute Gasteiger partial charge is 0.135 e. The molecule has 0 amide bonds. The summed E-state index contributed by atoms with van der Waals surface area (Å²) in [5, 5.41) is 3.37. The monoisotopic (exact) mass is 347 g/mol. The maximum absolute atomic E-state index is 5.16. The van der Waals surface area contributed by atoms with Gasteiger partial charge in [-0.05, 0) is 52.9 Å². The van der Waals surface area contributed by atoms with Crippen molar-refractivity contribution in [3.05, 3.63) is 46.3 Å². The van der Waals surface area contributed by atoms with Crippen LogP contribution in [0, 0.1) is 0 Å². The van der Waals surface area contributed by atoms with E-state index in [9.17, 15) is 0 Å². The minimum absolute atomic E-state index is 0.560. The summed E-state index contributed by atoms with van der Waals surface area (Å²) in [5.41, 5.74) is 1.28. The van der Waals surface area contributed by atoms with E-state index >= 15 is 0 Å². The van der Waals surface area contributed by atoms with Crippen LogP contribution >= 0.6 is 15.9 Å². The molecule has 1 aliphatic rings. The third-order valence-corrected chi connectivity index (χ3v) is 3.94. The fourth-order valence-corrected chi connectivity index (χ4v) is 2.58. The Morgan fingerprint density at radius 1 is 1.24 bits per heavy atom. The van der Waals surface area contributed by atoms with Crippen molar-refractivity contribution in [3.63, 3.8) is 0 Å². The molecule has 0 aliphatic heterocycles. The van der Waals surface area contributed by atoms with Crippen molar-refractivity contribution < 1.29 is 4.74 Å². The van der Waals surface area contributed by atoms with Crippen LogP contribution in [0.5, 0.6) is 5.75 Å². The largest absolute Gasteiger partial charge is 0.497 e. The van der Waals surface area contributed by atoms with Gasteiger partial charge in [0.15, 0.2) is 0 Å². The SMILES string of the molecule is COc1ccc(CCNc2cc(Br)nc(C3CC3)n2)cc1. The van der Waals surface area contributed by atoms with Gasteiger partial charge in [-0.15, -0.1) is 0 Å². The lowest BCUT2D eigenvalue weighted by molar-refractivity contribution is 0.414. The Hall–Kier alpha value is -1.62. The van der Waals surface area contributed by atoms with Crippen molar-refractivity contribution in [2.75, 3.05) is 19.0 Å². The molecule has 1 aromatic heterocycles. The average molecular weight is 348 g/mol. The molecule has 1 fully saturated rings. The highest BCUT2D eigenvalue weighted by atomic mass is 79.9. The van der Waals surface area contributed by atoms with Crippen LogP contribution in [0.3, 0.4) is 0 Å². The summed E-state index contributed by atoms with van der Waals surface area (Å²) in [7, 11) is 1.68. The molecule has 1 saturated carbocycles. The van der Waals surface area contributed by atoms with Crippen molar-refractivity contribution in [2.24, 2.45) is 0 Å². The normalized spacial score (nSPS) is 14.0. The zero-order valence-corrected chi connectivity index (χ0v) is 13.6. The van der Waals surface area contributed by atoms with E-state index in [1.807, 2.05) is 18.2 Å². The number of nitrogens with one attached hydrogen (secondary N) is 1. The molecule has 110 valence electrons. The van der Waals surface area contributed by atoms with Gasteiger partial charge in [0.2, 0.25) is 0 Å². The second kappa shape index (κ2) is 6.43. The topological polar surface area (TPSA) is 47.0 Å². The zero-order chi connectivity index (χ0) is 14.7. The number of aromatic nitrogens is 2. The molecule has 4 nitrogen and oxygen atoms in total. The number of hydrogen-bond acceptors (Lipinski definition) is 4. The van der Waals surface area contributed by atoms with Crippen LogP contribution in [0.4, 0.5) is 5.82 Å². The summed E-state index contributed by atoms with van der Waals surface area (Å²) in [6.45, 7) is 0.847. The van der Waals surface area contributed by atoms with Gasteiger partial charge in [-0.25, -0.2) is 9.97 Å². The predicted molar refractivity (Wildman–Crippen MR) is 86.9 cm³/mol. The van der Waals surface area contributed by atoms with E-state index in [1.54, 1.807) is 7.11 Å². The lowest BCUT2D eigenvalue weighted by Crippen LogP contribution is -2.08. The number of halogens is 1. The fourth-order valence-electron chi connectivity index (χ4n) is 2.18. The summed E-state index contributed by atoms with van der Waals surface area (Å²) in [4.78, 5) is 9.01. The Morgan fingerprint density at radius 2 is 2.00 bits per heavy atom. The van der Waals surface area contributed by atoms with Crippen LogP contribution < -0.4 is 10.1 Å². The second-order valence-corrected chi connectivity index (χ2v) is 6.05. The van der Waals surface area contributed by atoms with Crippen molar-refractivity contribution in [1.82, 2.24) is 9.97 Å². The number of ether oxygens (including phenoxy) is 1. The molecule has 1 heterocycles. The first kappa shape index (κ1) is 14.3. The highest BCUT2D eigenvalue weighted by Gasteiger charge is 2.27. The molecule has 3 rings (SSSR count). The van der Waals surface area contributed by atoms with Gasteiger partial charge in [-0.2, -0.15) is 0 Å². The Balaban J connectivity index is 1.57. The van der Waals surface area contributed by atoms with Crippen LogP contribution in [0.25, 0.3) is 0 Å². The van der Waals surface area contributed by atoms with Gasteiger partial charge in [0.1, 0.15) is 22.0 Å². The molecule has 0 unspecified atom stereocenters. The van der Waals surface area contributed by atoms with Crippen molar-refractivity contribution >= 4 is 21.7 Å². The fraction of sp³-hybridized carbons (Fsp3) is 0.375. The van der Waals surface area contributed by atoms with E-state index in [-0.39, 0.29) is 0 Å². The van der Waals surface area contributed by atoms with Gasteiger partial charge >= 0.3 is 0 Å². The number of benzene rings is 1. The maximum atomic E-state index is 5.16. The molecule has 21 heavy (non-hydrogen) atoms. The molecule has 1 aliphatic carbocycles. The first-order valence-electron chi connectivity index (χ1n) is 7.16. The van der Waals surface area contributed by atoms with Gasteiger partial charge < -0.3 is 10.1 Å². The van der Waals surface area contributed by atoms with Crippen molar-refractivity contribution in [3.8, 4) is 5.75 Å². The molecule has 2 aromatic rings. The maximum Gasteiger partial charge on any atom is 0.135 e. The van der Waals surface area contributed by atoms with Crippen molar-refractivity contribution in [1.29, 1.82) is 0 Å². The first-order valence-corrected chi connectivity index (χ1v) is 7.95. The van der Waals surface area contributed by atoms with Gasteiger partial charge in [0, 0.05) is 18.5 Å². The lowest BCUT2D eigenvalue weighted by Gasteiger charge is -2.08. The van der Waals surface area contributed by atoms with Crippen LogP contribution in [0.2, 0.25) is 0 Å². The number of hydrogen-bond donors (Lipinski definition) is 1. The molecular weight excluding hydrogens is 330 g/mol. The van der Waals surface area contributed by atoms with Crippen LogP contribution in [0.1, 0.15) is 30.1 Å². The summed E-state index contributed by atoms with van der Waals surface area (Å²) in [6.07, 6.45) is 3.37. The zero-order valence-electron chi connectivity index (χ0n) is 12.0. The number of anilines is 1. The van der Waals surface area contributed by atoms with Crippen LogP contribution in [-0.4, -0.2) is 23.6 Å². The third kappa shape index (κ3) is 3.94. The van der Waals surface area contributed by atoms with Crippen molar-refractivity contribution in [2.45, 2.75) is 25.2 Å².